The van der Waals surface area contributed by atoms with E-state index in [9.17, 15) is 9.59 Å². The number of nitrogens with one attached hydrogen (secondary N) is 1. The van der Waals surface area contributed by atoms with Crippen molar-refractivity contribution in [1.29, 1.82) is 0 Å². The molecule has 2 amide bonds. The van der Waals surface area contributed by atoms with Crippen molar-refractivity contribution in [3.8, 4) is 22.6 Å². The van der Waals surface area contributed by atoms with Gasteiger partial charge in [0.05, 0.1) is 5.69 Å². The van der Waals surface area contributed by atoms with Gasteiger partial charge in [-0.2, -0.15) is 0 Å². The molecule has 1 aliphatic heterocycles. The van der Waals surface area contributed by atoms with Crippen molar-refractivity contribution in [2.24, 2.45) is 0 Å². The Bertz CT molecular complexity index is 1440. The van der Waals surface area contributed by atoms with Gasteiger partial charge in [-0.3, -0.25) is 24.8 Å². The largest absolute Gasteiger partial charge is 0.457 e. The number of hydrogen-bond donors (Lipinski definition) is 1. The third-order valence-electron chi connectivity index (χ3n) is 5.37. The number of pyridine rings is 1. The predicted molar refractivity (Wildman–Crippen MR) is 139 cm³/mol. The maximum atomic E-state index is 13.4. The van der Waals surface area contributed by atoms with E-state index >= 15 is 0 Å². The lowest BCUT2D eigenvalue weighted by molar-refractivity contribution is -0.122. The van der Waals surface area contributed by atoms with Crippen LogP contribution < -0.4 is 15.0 Å². The number of anilines is 1. The van der Waals surface area contributed by atoms with Crippen LogP contribution in [0.1, 0.15) is 5.56 Å². The highest BCUT2D eigenvalue weighted by Crippen LogP contribution is 2.27. The molecule has 2 heterocycles. The molecule has 3 aromatic carbocycles. The highest BCUT2D eigenvalue weighted by atomic mass is 32.1. The minimum atomic E-state index is -0.535. The van der Waals surface area contributed by atoms with Gasteiger partial charge in [0.15, 0.2) is 5.11 Å². The molecule has 1 aromatic heterocycles. The van der Waals surface area contributed by atoms with Gasteiger partial charge in [-0.15, -0.1) is 0 Å². The normalized spacial score (nSPS) is 14.7. The second-order valence-electron chi connectivity index (χ2n) is 7.73. The van der Waals surface area contributed by atoms with Gasteiger partial charge in [-0.25, -0.2) is 0 Å². The molecule has 0 aliphatic carbocycles. The van der Waals surface area contributed by atoms with Crippen LogP contribution in [-0.4, -0.2) is 21.9 Å². The molecule has 0 bridgehead atoms. The van der Waals surface area contributed by atoms with Crippen molar-refractivity contribution < 1.29 is 14.3 Å². The fraction of sp³-hybridized carbons (Fsp3) is 0. The van der Waals surface area contributed by atoms with Crippen molar-refractivity contribution in [3.63, 3.8) is 0 Å². The number of nitrogens with zero attached hydrogens (tertiary/aromatic N) is 2. The molecule has 4 aromatic rings. The quantitative estimate of drug-likeness (QED) is 0.238. The van der Waals surface area contributed by atoms with Crippen LogP contribution in [0, 0.1) is 0 Å². The number of para-hydroxylation sites is 1. The summed E-state index contributed by atoms with van der Waals surface area (Å²) in [6, 6.07) is 27.7. The van der Waals surface area contributed by atoms with Crippen molar-refractivity contribution in [3.05, 3.63) is 115 Å². The van der Waals surface area contributed by atoms with Crippen LogP contribution in [0.25, 0.3) is 17.2 Å². The molecule has 0 unspecified atom stereocenters. The summed E-state index contributed by atoms with van der Waals surface area (Å²) in [5, 5.41) is 2.64. The summed E-state index contributed by atoms with van der Waals surface area (Å²) >= 11 is 5.31. The third-order valence-corrected chi connectivity index (χ3v) is 5.65. The second-order valence-corrected chi connectivity index (χ2v) is 8.12. The Hall–Kier alpha value is -4.62. The smallest absolute Gasteiger partial charge is 0.270 e. The van der Waals surface area contributed by atoms with Crippen LogP contribution in [-0.2, 0) is 9.59 Å². The van der Waals surface area contributed by atoms with Gasteiger partial charge in [0, 0.05) is 18.0 Å². The molecule has 6 nitrogen and oxygen atoms in total. The predicted octanol–water partition coefficient (Wildman–Crippen LogP) is 5.37. The molecule has 1 saturated heterocycles. The Kier molecular flexibility index (Phi) is 6.15. The first kappa shape index (κ1) is 22.2. The molecule has 35 heavy (non-hydrogen) atoms. The van der Waals surface area contributed by atoms with Crippen molar-refractivity contribution in [2.45, 2.75) is 0 Å². The molecular formula is C28H19N3O3S. The highest BCUT2D eigenvalue weighted by molar-refractivity contribution is 7.80. The Morgan fingerprint density at radius 2 is 1.57 bits per heavy atom. The van der Waals surface area contributed by atoms with E-state index in [-0.39, 0.29) is 10.7 Å². The summed E-state index contributed by atoms with van der Waals surface area (Å²) in [5.74, 6) is 0.285. The Labute approximate surface area is 207 Å². The zero-order chi connectivity index (χ0) is 24.2. The molecule has 0 spiro atoms. The van der Waals surface area contributed by atoms with Crippen LogP contribution in [0.2, 0.25) is 0 Å². The molecule has 1 aliphatic rings. The number of aromatic nitrogens is 1. The van der Waals surface area contributed by atoms with Crippen LogP contribution in [0.5, 0.6) is 11.5 Å². The van der Waals surface area contributed by atoms with Crippen molar-refractivity contribution >= 4 is 40.9 Å². The summed E-state index contributed by atoms with van der Waals surface area (Å²) in [7, 11) is 0. The molecule has 7 heteroatoms. The topological polar surface area (TPSA) is 71.5 Å². The molecule has 1 N–H and O–H groups in total. The lowest BCUT2D eigenvalue weighted by atomic mass is 10.0. The number of carbonyl (C=O) groups excluding carboxylic acids is 2. The van der Waals surface area contributed by atoms with Crippen LogP contribution in [0.15, 0.2) is 109 Å². The molecular weight excluding hydrogens is 458 g/mol. The number of rotatable bonds is 5. The average Bonchev–Trinajstić information content (AvgIpc) is 2.89. The number of carbonyl (C=O) groups is 2. The minimum Gasteiger partial charge on any atom is -0.457 e. The number of ether oxygens (including phenoxy) is 1. The van der Waals surface area contributed by atoms with Gasteiger partial charge in [-0.05, 0) is 78.0 Å². The lowest BCUT2D eigenvalue weighted by Crippen LogP contribution is -2.54. The summed E-state index contributed by atoms with van der Waals surface area (Å²) < 4.78 is 5.82. The summed E-state index contributed by atoms with van der Waals surface area (Å²) in [4.78, 5) is 31.5. The number of benzene rings is 3. The highest BCUT2D eigenvalue weighted by Gasteiger charge is 2.34. The Balaban J connectivity index is 1.41. The molecule has 5 rings (SSSR count). The fourth-order valence-corrected chi connectivity index (χ4v) is 3.97. The SMILES string of the molecule is O=C1NC(=S)N(c2ccc(Oc3ccccc3)cc2)C(=O)/C1=C/c1cccc(-c2cccnc2)c1. The van der Waals surface area contributed by atoms with E-state index in [4.69, 9.17) is 17.0 Å². The van der Waals surface area contributed by atoms with E-state index in [2.05, 4.69) is 10.3 Å². The van der Waals surface area contributed by atoms with E-state index in [0.717, 1.165) is 11.1 Å². The van der Waals surface area contributed by atoms with Gasteiger partial charge in [0.1, 0.15) is 17.1 Å². The van der Waals surface area contributed by atoms with E-state index in [1.54, 1.807) is 42.7 Å². The Morgan fingerprint density at radius 1 is 0.829 bits per heavy atom. The van der Waals surface area contributed by atoms with E-state index < -0.39 is 11.8 Å². The Morgan fingerprint density at radius 3 is 2.31 bits per heavy atom. The van der Waals surface area contributed by atoms with Gasteiger partial charge < -0.3 is 4.74 Å². The summed E-state index contributed by atoms with van der Waals surface area (Å²) in [6.45, 7) is 0. The first-order valence-electron chi connectivity index (χ1n) is 10.8. The second kappa shape index (κ2) is 9.70. The molecule has 0 saturated carbocycles. The lowest BCUT2D eigenvalue weighted by Gasteiger charge is -2.29. The number of thiocarbonyl (C=S) groups is 1. The van der Waals surface area contributed by atoms with E-state index in [1.165, 1.54) is 4.90 Å². The zero-order valence-corrected chi connectivity index (χ0v) is 19.2. The van der Waals surface area contributed by atoms with Gasteiger partial charge in [0.25, 0.3) is 11.8 Å². The van der Waals surface area contributed by atoms with Gasteiger partial charge in [0.2, 0.25) is 0 Å². The first-order chi connectivity index (χ1) is 17.1. The van der Waals surface area contributed by atoms with Crippen LogP contribution in [0.4, 0.5) is 5.69 Å². The van der Waals surface area contributed by atoms with E-state index in [1.807, 2.05) is 66.7 Å². The molecule has 0 radical (unpaired) electrons. The van der Waals surface area contributed by atoms with E-state index in [0.29, 0.717) is 22.7 Å². The number of amides is 2. The fourth-order valence-electron chi connectivity index (χ4n) is 3.69. The number of hydrogen-bond acceptors (Lipinski definition) is 5. The zero-order valence-electron chi connectivity index (χ0n) is 18.4. The van der Waals surface area contributed by atoms with Gasteiger partial charge >= 0.3 is 0 Å². The maximum Gasteiger partial charge on any atom is 0.270 e. The summed E-state index contributed by atoms with van der Waals surface area (Å²) in [6.07, 6.45) is 5.04. The molecule has 0 atom stereocenters. The minimum absolute atomic E-state index is 0.00783. The molecule has 170 valence electrons. The molecule has 1 fully saturated rings. The first-order valence-corrected chi connectivity index (χ1v) is 11.2. The maximum absolute atomic E-state index is 13.4. The third kappa shape index (κ3) is 4.85. The van der Waals surface area contributed by atoms with Crippen molar-refractivity contribution in [2.75, 3.05) is 4.90 Å². The van der Waals surface area contributed by atoms with Crippen LogP contribution >= 0.6 is 12.2 Å². The average molecular weight is 478 g/mol. The monoisotopic (exact) mass is 477 g/mol. The standard InChI is InChI=1S/C28H19N3O3S/c32-26-25(17-19-6-4-7-20(16-19)21-8-5-15-29-18-21)27(33)31(28(35)30-26)22-11-13-24(14-12-22)34-23-9-2-1-3-10-23/h1-18H,(H,30,32,35)/b25-17+. The van der Waals surface area contributed by atoms with Gasteiger partial charge in [-0.1, -0.05) is 42.5 Å². The van der Waals surface area contributed by atoms with Crippen LogP contribution in [0.3, 0.4) is 0 Å². The summed E-state index contributed by atoms with van der Waals surface area (Å²) in [5.41, 5.74) is 3.09. The van der Waals surface area contributed by atoms with Crippen molar-refractivity contribution in [1.82, 2.24) is 10.3 Å².